The first kappa shape index (κ1) is 19.4. The van der Waals surface area contributed by atoms with Crippen LogP contribution in [-0.4, -0.2) is 21.6 Å². The molecule has 0 radical (unpaired) electrons. The minimum atomic E-state index is -0.215. The largest absolute Gasteiger partial charge is 0.348 e. The molecule has 0 saturated heterocycles. The molecule has 3 rings (SSSR count). The van der Waals surface area contributed by atoms with Gasteiger partial charge in [-0.3, -0.25) is 14.3 Å². The Morgan fingerprint density at radius 3 is 2.75 bits per heavy atom. The molecule has 0 bridgehead atoms. The van der Waals surface area contributed by atoms with Crippen molar-refractivity contribution < 1.29 is 9.59 Å². The lowest BCUT2D eigenvalue weighted by atomic mass is 10.2. The first-order chi connectivity index (χ1) is 13.6. The number of hydrogen-bond acceptors (Lipinski definition) is 3. The molecule has 0 aliphatic heterocycles. The van der Waals surface area contributed by atoms with Crippen molar-refractivity contribution >= 4 is 35.2 Å². The molecule has 0 atom stereocenters. The number of halogens is 1. The van der Waals surface area contributed by atoms with Crippen LogP contribution in [0.3, 0.4) is 0 Å². The third-order valence-corrected chi connectivity index (χ3v) is 4.05. The van der Waals surface area contributed by atoms with Gasteiger partial charge in [0.2, 0.25) is 11.8 Å². The summed E-state index contributed by atoms with van der Waals surface area (Å²) in [6, 6.07) is 16.3. The van der Waals surface area contributed by atoms with Gasteiger partial charge < -0.3 is 10.6 Å². The van der Waals surface area contributed by atoms with Crippen LogP contribution < -0.4 is 10.6 Å². The molecule has 0 aliphatic rings. The molecule has 2 aromatic carbocycles. The SMILES string of the molecule is O=C(/C=C/c1cccc(Cl)c1)NCc1cccc(NC(=O)Cn2cccn2)c1. The molecule has 0 saturated carbocycles. The van der Waals surface area contributed by atoms with Crippen molar-refractivity contribution in [3.63, 3.8) is 0 Å². The van der Waals surface area contributed by atoms with Crippen LogP contribution in [0.1, 0.15) is 11.1 Å². The fraction of sp³-hybridized carbons (Fsp3) is 0.0952. The van der Waals surface area contributed by atoms with Gasteiger partial charge in [0, 0.05) is 35.7 Å². The first-order valence-electron chi connectivity index (χ1n) is 8.66. The summed E-state index contributed by atoms with van der Waals surface area (Å²) in [7, 11) is 0. The molecule has 0 fully saturated rings. The van der Waals surface area contributed by atoms with Crippen LogP contribution in [0.5, 0.6) is 0 Å². The van der Waals surface area contributed by atoms with Crippen molar-refractivity contribution in [1.29, 1.82) is 0 Å². The summed E-state index contributed by atoms with van der Waals surface area (Å²) in [5.74, 6) is -0.387. The molecule has 6 nitrogen and oxygen atoms in total. The molecule has 1 aromatic heterocycles. The number of anilines is 1. The second-order valence-electron chi connectivity index (χ2n) is 6.06. The minimum absolute atomic E-state index is 0.141. The number of benzene rings is 2. The van der Waals surface area contributed by atoms with Crippen LogP contribution in [0.25, 0.3) is 6.08 Å². The number of aromatic nitrogens is 2. The third kappa shape index (κ3) is 6.10. The molecule has 1 heterocycles. The Hall–Kier alpha value is -3.38. The van der Waals surface area contributed by atoms with E-state index >= 15 is 0 Å². The highest BCUT2D eigenvalue weighted by Crippen LogP contribution is 2.12. The number of carbonyl (C=O) groups is 2. The van der Waals surface area contributed by atoms with Crippen LogP contribution in [0.2, 0.25) is 5.02 Å². The van der Waals surface area contributed by atoms with Gasteiger partial charge in [0.25, 0.3) is 0 Å². The molecule has 0 unspecified atom stereocenters. The molecule has 3 aromatic rings. The van der Waals surface area contributed by atoms with Gasteiger partial charge in [0.15, 0.2) is 0 Å². The molecular formula is C21H19ClN4O2. The van der Waals surface area contributed by atoms with Gasteiger partial charge in [-0.2, -0.15) is 5.10 Å². The number of rotatable bonds is 7. The number of amides is 2. The Morgan fingerprint density at radius 2 is 1.96 bits per heavy atom. The average Bonchev–Trinajstić information content (AvgIpc) is 3.18. The Morgan fingerprint density at radius 1 is 1.11 bits per heavy atom. The van der Waals surface area contributed by atoms with Gasteiger partial charge >= 0.3 is 0 Å². The highest BCUT2D eigenvalue weighted by molar-refractivity contribution is 6.30. The van der Waals surface area contributed by atoms with Crippen molar-refractivity contribution in [2.45, 2.75) is 13.1 Å². The normalized spacial score (nSPS) is 10.8. The first-order valence-corrected chi connectivity index (χ1v) is 9.04. The van der Waals surface area contributed by atoms with Gasteiger partial charge in [-0.1, -0.05) is 35.9 Å². The summed E-state index contributed by atoms with van der Waals surface area (Å²) < 4.78 is 1.55. The van der Waals surface area contributed by atoms with Gasteiger partial charge in [-0.25, -0.2) is 0 Å². The van der Waals surface area contributed by atoms with Crippen LogP contribution in [0, 0.1) is 0 Å². The lowest BCUT2D eigenvalue weighted by Gasteiger charge is -2.08. The predicted molar refractivity (Wildman–Crippen MR) is 110 cm³/mol. The van der Waals surface area contributed by atoms with Crippen molar-refractivity contribution in [3.8, 4) is 0 Å². The quantitative estimate of drug-likeness (QED) is 0.602. The summed E-state index contributed by atoms with van der Waals surface area (Å²) in [4.78, 5) is 24.0. The molecule has 2 N–H and O–H groups in total. The number of carbonyl (C=O) groups excluding carboxylic acids is 2. The van der Waals surface area contributed by atoms with E-state index in [-0.39, 0.29) is 18.4 Å². The summed E-state index contributed by atoms with van der Waals surface area (Å²) in [5.41, 5.74) is 2.39. The van der Waals surface area contributed by atoms with E-state index in [2.05, 4.69) is 15.7 Å². The van der Waals surface area contributed by atoms with E-state index in [0.717, 1.165) is 11.1 Å². The zero-order chi connectivity index (χ0) is 19.8. The van der Waals surface area contributed by atoms with E-state index in [1.165, 1.54) is 6.08 Å². The van der Waals surface area contributed by atoms with Gasteiger partial charge in [0.05, 0.1) is 0 Å². The van der Waals surface area contributed by atoms with Gasteiger partial charge in [-0.15, -0.1) is 0 Å². The number of nitrogens with one attached hydrogen (secondary N) is 2. The topological polar surface area (TPSA) is 76.0 Å². The second-order valence-corrected chi connectivity index (χ2v) is 6.49. The van der Waals surface area contributed by atoms with E-state index in [0.29, 0.717) is 17.3 Å². The zero-order valence-corrected chi connectivity index (χ0v) is 15.8. The second kappa shape index (κ2) is 9.53. The lowest BCUT2D eigenvalue weighted by molar-refractivity contribution is -0.117. The van der Waals surface area contributed by atoms with Crippen LogP contribution in [-0.2, 0) is 22.7 Å². The van der Waals surface area contributed by atoms with Gasteiger partial charge in [0.1, 0.15) is 6.54 Å². The zero-order valence-electron chi connectivity index (χ0n) is 15.0. The van der Waals surface area contributed by atoms with Crippen LogP contribution in [0.4, 0.5) is 5.69 Å². The highest BCUT2D eigenvalue weighted by Gasteiger charge is 2.05. The van der Waals surface area contributed by atoms with E-state index in [9.17, 15) is 9.59 Å². The van der Waals surface area contributed by atoms with E-state index in [4.69, 9.17) is 11.6 Å². The molecular weight excluding hydrogens is 376 g/mol. The Bertz CT molecular complexity index is 984. The molecule has 2 amide bonds. The molecule has 0 spiro atoms. The summed E-state index contributed by atoms with van der Waals surface area (Å²) in [5, 5.41) is 10.3. The number of nitrogens with zero attached hydrogens (tertiary/aromatic N) is 2. The van der Waals surface area contributed by atoms with Crippen molar-refractivity contribution in [1.82, 2.24) is 15.1 Å². The fourth-order valence-electron chi connectivity index (χ4n) is 2.53. The van der Waals surface area contributed by atoms with Crippen molar-refractivity contribution in [3.05, 3.63) is 89.2 Å². The highest BCUT2D eigenvalue weighted by atomic mass is 35.5. The van der Waals surface area contributed by atoms with E-state index in [1.54, 1.807) is 47.4 Å². The third-order valence-electron chi connectivity index (χ3n) is 3.82. The average molecular weight is 395 g/mol. The lowest BCUT2D eigenvalue weighted by Crippen LogP contribution is -2.21. The Balaban J connectivity index is 1.51. The number of hydrogen-bond donors (Lipinski definition) is 2. The van der Waals surface area contributed by atoms with E-state index < -0.39 is 0 Å². The Kier molecular flexibility index (Phi) is 6.59. The van der Waals surface area contributed by atoms with E-state index in [1.807, 2.05) is 30.3 Å². The summed E-state index contributed by atoms with van der Waals surface area (Å²) in [6.45, 7) is 0.490. The smallest absolute Gasteiger partial charge is 0.246 e. The monoisotopic (exact) mass is 394 g/mol. The maximum atomic E-state index is 12.0. The standard InChI is InChI=1S/C21H19ClN4O2/c22-18-6-1-4-16(12-18)8-9-20(27)23-14-17-5-2-7-19(13-17)25-21(28)15-26-11-3-10-24-26/h1-13H,14-15H2,(H,23,27)(H,25,28)/b9-8+. The molecule has 28 heavy (non-hydrogen) atoms. The van der Waals surface area contributed by atoms with Crippen LogP contribution >= 0.6 is 11.6 Å². The predicted octanol–water partition coefficient (Wildman–Crippen LogP) is 3.50. The fourth-order valence-corrected chi connectivity index (χ4v) is 2.73. The molecule has 142 valence electrons. The maximum Gasteiger partial charge on any atom is 0.246 e. The van der Waals surface area contributed by atoms with Crippen molar-refractivity contribution in [2.24, 2.45) is 0 Å². The van der Waals surface area contributed by atoms with Crippen molar-refractivity contribution in [2.75, 3.05) is 5.32 Å². The maximum absolute atomic E-state index is 12.0. The van der Waals surface area contributed by atoms with Crippen LogP contribution in [0.15, 0.2) is 73.1 Å². The van der Waals surface area contributed by atoms with Gasteiger partial charge in [-0.05, 0) is 47.5 Å². The summed E-state index contributed by atoms with van der Waals surface area (Å²) in [6.07, 6.45) is 6.51. The minimum Gasteiger partial charge on any atom is -0.348 e. The molecule has 0 aliphatic carbocycles. The molecule has 7 heteroatoms. The Labute approximate surface area is 167 Å². The summed E-state index contributed by atoms with van der Waals surface area (Å²) >= 11 is 5.92.